The topological polar surface area (TPSA) is 24.5 Å². The zero-order valence-electron chi connectivity index (χ0n) is 18.7. The Labute approximate surface area is 181 Å². The van der Waals surface area contributed by atoms with Crippen molar-refractivity contribution in [3.8, 4) is 11.1 Å². The predicted octanol–water partition coefficient (Wildman–Crippen LogP) is 6.05. The largest absolute Gasteiger partial charge is 0.385 e. The molecule has 30 heavy (non-hydrogen) atoms. The number of nitrogens with one attached hydrogen (secondary N) is 1. The van der Waals surface area contributed by atoms with E-state index in [1.165, 1.54) is 33.5 Å². The summed E-state index contributed by atoms with van der Waals surface area (Å²) in [5, 5.41) is 3.78. The van der Waals surface area contributed by atoms with Crippen molar-refractivity contribution < 1.29 is 4.74 Å². The number of benzene rings is 3. The maximum absolute atomic E-state index is 5.23. The third-order valence-electron chi connectivity index (χ3n) is 5.50. The molecule has 0 radical (unpaired) electrons. The highest BCUT2D eigenvalue weighted by atomic mass is 16.5. The minimum absolute atomic E-state index is 0.192. The number of fused-ring (bicyclic) bond motifs is 2. The number of para-hydroxylation sites is 1. The fourth-order valence-corrected chi connectivity index (χ4v) is 4.10. The van der Waals surface area contributed by atoms with E-state index in [1.807, 2.05) is 13.8 Å². The van der Waals surface area contributed by atoms with Crippen LogP contribution in [-0.2, 0) is 11.3 Å². The first-order chi connectivity index (χ1) is 14.8. The van der Waals surface area contributed by atoms with E-state index in [1.54, 1.807) is 7.11 Å². The molecule has 0 bridgehead atoms. The van der Waals surface area contributed by atoms with Gasteiger partial charge in [-0.05, 0) is 52.9 Å². The first-order valence-electron chi connectivity index (χ1n) is 11.0. The van der Waals surface area contributed by atoms with E-state index in [2.05, 4.69) is 90.1 Å². The summed E-state index contributed by atoms with van der Waals surface area (Å²) in [5.41, 5.74) is 7.92. The van der Waals surface area contributed by atoms with Gasteiger partial charge < -0.3 is 15.0 Å². The molecule has 1 atom stereocenters. The Balaban J connectivity index is 0.00000124. The average Bonchev–Trinajstić information content (AvgIpc) is 2.92. The summed E-state index contributed by atoms with van der Waals surface area (Å²) < 4.78 is 5.23. The quantitative estimate of drug-likeness (QED) is 0.508. The standard InChI is InChI=1S/C25H28N2O.C2H6/c1-27-18-21-17-20(19-9-4-3-5-10-19)13-14-22(21)25(26-15-8-16-28-2)23-11-6-7-12-24(23)27;1-2/h3-7,9-14,17,25-26H,8,15-16,18H2,1-2H3;1-2H3. The van der Waals surface area contributed by atoms with Gasteiger partial charge in [-0.2, -0.15) is 0 Å². The SMILES string of the molecule is CC.COCCCNC1c2ccc(-c3ccccc3)cc2CN(C)c2ccccc21. The lowest BCUT2D eigenvalue weighted by molar-refractivity contribution is 0.193. The lowest BCUT2D eigenvalue weighted by atomic mass is 9.92. The van der Waals surface area contributed by atoms with Gasteiger partial charge in [0.1, 0.15) is 0 Å². The number of ether oxygens (including phenoxy) is 1. The van der Waals surface area contributed by atoms with Crippen molar-refractivity contribution in [2.75, 3.05) is 32.2 Å². The third kappa shape index (κ3) is 4.92. The van der Waals surface area contributed by atoms with Crippen LogP contribution in [0.4, 0.5) is 5.69 Å². The summed E-state index contributed by atoms with van der Waals surface area (Å²) in [7, 11) is 3.95. The number of hydrogen-bond acceptors (Lipinski definition) is 3. The van der Waals surface area contributed by atoms with Crippen LogP contribution in [0.25, 0.3) is 11.1 Å². The second kappa shape index (κ2) is 11.0. The normalized spacial score (nSPS) is 14.8. The Morgan fingerprint density at radius 3 is 2.40 bits per heavy atom. The van der Waals surface area contributed by atoms with E-state index in [9.17, 15) is 0 Å². The molecule has 158 valence electrons. The third-order valence-corrected chi connectivity index (χ3v) is 5.50. The highest BCUT2D eigenvalue weighted by Crippen LogP contribution is 2.38. The summed E-state index contributed by atoms with van der Waals surface area (Å²) in [6, 6.07) is 26.5. The van der Waals surface area contributed by atoms with E-state index in [0.717, 1.165) is 26.1 Å². The van der Waals surface area contributed by atoms with Crippen molar-refractivity contribution in [2.45, 2.75) is 32.9 Å². The highest BCUT2D eigenvalue weighted by Gasteiger charge is 2.25. The van der Waals surface area contributed by atoms with Gasteiger partial charge >= 0.3 is 0 Å². The molecule has 0 saturated carbocycles. The van der Waals surface area contributed by atoms with Crippen molar-refractivity contribution in [3.05, 3.63) is 89.5 Å². The number of hydrogen-bond donors (Lipinski definition) is 1. The van der Waals surface area contributed by atoms with Crippen LogP contribution in [0.3, 0.4) is 0 Å². The molecule has 3 aromatic carbocycles. The minimum atomic E-state index is 0.192. The molecule has 1 aliphatic rings. The Bertz CT molecular complexity index is 923. The van der Waals surface area contributed by atoms with Gasteiger partial charge in [0.25, 0.3) is 0 Å². The first kappa shape index (κ1) is 22.1. The molecule has 0 amide bonds. The van der Waals surface area contributed by atoms with Crippen LogP contribution in [0.15, 0.2) is 72.8 Å². The maximum Gasteiger partial charge on any atom is 0.0600 e. The van der Waals surface area contributed by atoms with E-state index in [0.29, 0.717) is 0 Å². The van der Waals surface area contributed by atoms with Crippen LogP contribution < -0.4 is 10.2 Å². The van der Waals surface area contributed by atoms with Crippen molar-refractivity contribution in [3.63, 3.8) is 0 Å². The lowest BCUT2D eigenvalue weighted by Crippen LogP contribution is -2.25. The summed E-state index contributed by atoms with van der Waals surface area (Å²) in [4.78, 5) is 2.36. The molecule has 3 heteroatoms. The number of anilines is 1. The van der Waals surface area contributed by atoms with Gasteiger partial charge in [-0.15, -0.1) is 0 Å². The van der Waals surface area contributed by atoms with E-state index in [4.69, 9.17) is 4.74 Å². The monoisotopic (exact) mass is 402 g/mol. The smallest absolute Gasteiger partial charge is 0.0600 e. The minimum Gasteiger partial charge on any atom is -0.385 e. The molecule has 3 nitrogen and oxygen atoms in total. The molecular weight excluding hydrogens is 368 g/mol. The summed E-state index contributed by atoms with van der Waals surface area (Å²) in [6.45, 7) is 6.61. The van der Waals surface area contributed by atoms with Crippen LogP contribution in [0.5, 0.6) is 0 Å². The molecule has 0 aromatic heterocycles. The van der Waals surface area contributed by atoms with Gasteiger partial charge in [0.15, 0.2) is 0 Å². The van der Waals surface area contributed by atoms with Crippen molar-refractivity contribution >= 4 is 5.69 Å². The fraction of sp³-hybridized carbons (Fsp3) is 0.333. The molecule has 1 unspecified atom stereocenters. The molecule has 3 aromatic rings. The van der Waals surface area contributed by atoms with Gasteiger partial charge in [-0.1, -0.05) is 74.5 Å². The second-order valence-corrected chi connectivity index (χ2v) is 7.43. The Morgan fingerprint density at radius 1 is 0.900 bits per heavy atom. The van der Waals surface area contributed by atoms with Gasteiger partial charge in [0, 0.05) is 33.0 Å². The van der Waals surface area contributed by atoms with E-state index in [-0.39, 0.29) is 6.04 Å². The van der Waals surface area contributed by atoms with Crippen LogP contribution in [0, 0.1) is 0 Å². The van der Waals surface area contributed by atoms with Crippen LogP contribution in [-0.4, -0.2) is 27.3 Å². The van der Waals surface area contributed by atoms with Crippen LogP contribution in [0.1, 0.15) is 43.0 Å². The lowest BCUT2D eigenvalue weighted by Gasteiger charge is -2.23. The van der Waals surface area contributed by atoms with Crippen LogP contribution in [0.2, 0.25) is 0 Å². The van der Waals surface area contributed by atoms with E-state index < -0.39 is 0 Å². The maximum atomic E-state index is 5.23. The second-order valence-electron chi connectivity index (χ2n) is 7.43. The van der Waals surface area contributed by atoms with E-state index >= 15 is 0 Å². The molecule has 0 saturated heterocycles. The predicted molar refractivity (Wildman–Crippen MR) is 128 cm³/mol. The summed E-state index contributed by atoms with van der Waals surface area (Å²) >= 11 is 0. The molecular formula is C27H34N2O. The zero-order valence-corrected chi connectivity index (χ0v) is 18.7. The first-order valence-corrected chi connectivity index (χ1v) is 11.0. The molecule has 0 aliphatic carbocycles. The summed E-state index contributed by atoms with van der Waals surface area (Å²) in [6.07, 6.45) is 1.00. The summed E-state index contributed by atoms with van der Waals surface area (Å²) in [5.74, 6) is 0. The van der Waals surface area contributed by atoms with Crippen molar-refractivity contribution in [1.29, 1.82) is 0 Å². The molecule has 1 N–H and O–H groups in total. The molecule has 1 aliphatic heterocycles. The number of nitrogens with zero attached hydrogens (tertiary/aromatic N) is 1. The Hall–Kier alpha value is -2.62. The molecule has 0 fully saturated rings. The number of methoxy groups -OCH3 is 1. The Kier molecular flexibility index (Phi) is 8.06. The fourth-order valence-electron chi connectivity index (χ4n) is 4.10. The molecule has 4 rings (SSSR count). The van der Waals surface area contributed by atoms with Gasteiger partial charge in [-0.3, -0.25) is 0 Å². The van der Waals surface area contributed by atoms with Crippen molar-refractivity contribution in [2.24, 2.45) is 0 Å². The Morgan fingerprint density at radius 2 is 1.63 bits per heavy atom. The van der Waals surface area contributed by atoms with Gasteiger partial charge in [-0.25, -0.2) is 0 Å². The average molecular weight is 403 g/mol. The van der Waals surface area contributed by atoms with Crippen molar-refractivity contribution in [1.82, 2.24) is 5.32 Å². The van der Waals surface area contributed by atoms with Gasteiger partial charge in [0.05, 0.1) is 6.04 Å². The molecule has 1 heterocycles. The highest BCUT2D eigenvalue weighted by molar-refractivity contribution is 5.67. The molecule has 0 spiro atoms. The van der Waals surface area contributed by atoms with Crippen LogP contribution >= 0.6 is 0 Å². The number of rotatable bonds is 6. The van der Waals surface area contributed by atoms with Gasteiger partial charge in [0.2, 0.25) is 0 Å². The zero-order chi connectivity index (χ0) is 21.3.